The Morgan fingerprint density at radius 3 is 3.36 bits per heavy atom. The van der Waals surface area contributed by atoms with E-state index in [0.717, 1.165) is 13.0 Å². The molecule has 0 aromatic carbocycles. The van der Waals surface area contributed by atoms with Gasteiger partial charge in [0, 0.05) is 12.6 Å². The highest BCUT2D eigenvalue weighted by Crippen LogP contribution is 2.03. The number of oxazole rings is 1. The van der Waals surface area contributed by atoms with Gasteiger partial charge in [-0.05, 0) is 19.4 Å². The lowest BCUT2D eigenvalue weighted by atomic mass is 10.2. The summed E-state index contributed by atoms with van der Waals surface area (Å²) in [6.45, 7) is 1.68. The number of nitrogens with one attached hydrogen (secondary N) is 2. The Morgan fingerprint density at radius 2 is 2.71 bits per heavy atom. The number of rotatable bonds is 3. The van der Waals surface area contributed by atoms with E-state index in [1.54, 1.807) is 0 Å². The highest BCUT2D eigenvalue weighted by Gasteiger charge is 2.16. The molecule has 1 aliphatic rings. The normalized spacial score (nSPS) is 21.0. The van der Waals surface area contributed by atoms with Crippen LogP contribution in [0.1, 0.15) is 23.5 Å². The second-order valence-electron chi connectivity index (χ2n) is 3.34. The number of carbonyl (C=O) groups is 1. The summed E-state index contributed by atoms with van der Waals surface area (Å²) in [5, 5.41) is 6.06. The van der Waals surface area contributed by atoms with Crippen LogP contribution in [0, 0.1) is 0 Å². The first kappa shape index (κ1) is 9.21. The SMILES string of the molecule is O=C(NCC1CCCN1)c1ncco1. The van der Waals surface area contributed by atoms with Gasteiger partial charge >= 0.3 is 5.91 Å². The summed E-state index contributed by atoms with van der Waals surface area (Å²) in [6, 6.07) is 0.397. The Labute approximate surface area is 81.9 Å². The highest BCUT2D eigenvalue weighted by molar-refractivity contribution is 5.89. The summed E-state index contributed by atoms with van der Waals surface area (Å²) in [5.41, 5.74) is 0. The fourth-order valence-corrected chi connectivity index (χ4v) is 1.56. The van der Waals surface area contributed by atoms with Crippen LogP contribution in [0.25, 0.3) is 0 Å². The van der Waals surface area contributed by atoms with Crippen molar-refractivity contribution < 1.29 is 9.21 Å². The first-order chi connectivity index (χ1) is 6.86. The summed E-state index contributed by atoms with van der Waals surface area (Å²) in [7, 11) is 0. The summed E-state index contributed by atoms with van der Waals surface area (Å²) in [4.78, 5) is 15.1. The number of carbonyl (C=O) groups excluding carboxylic acids is 1. The number of amides is 1. The number of aromatic nitrogens is 1. The third-order valence-corrected chi connectivity index (χ3v) is 2.30. The van der Waals surface area contributed by atoms with Gasteiger partial charge in [0.05, 0.1) is 6.20 Å². The third kappa shape index (κ3) is 2.11. The van der Waals surface area contributed by atoms with Crippen LogP contribution in [-0.4, -0.2) is 30.0 Å². The zero-order valence-corrected chi connectivity index (χ0v) is 7.82. The Bertz CT molecular complexity index is 291. The highest BCUT2D eigenvalue weighted by atomic mass is 16.3. The van der Waals surface area contributed by atoms with Crippen molar-refractivity contribution in [1.29, 1.82) is 0 Å². The first-order valence-electron chi connectivity index (χ1n) is 4.77. The van der Waals surface area contributed by atoms with E-state index in [0.29, 0.717) is 12.6 Å². The lowest BCUT2D eigenvalue weighted by Gasteiger charge is -2.09. The van der Waals surface area contributed by atoms with E-state index < -0.39 is 0 Å². The van der Waals surface area contributed by atoms with Gasteiger partial charge < -0.3 is 15.1 Å². The Balaban J connectivity index is 1.78. The molecular formula is C9H13N3O2. The van der Waals surface area contributed by atoms with Gasteiger partial charge in [-0.1, -0.05) is 0 Å². The summed E-state index contributed by atoms with van der Waals surface area (Å²) >= 11 is 0. The van der Waals surface area contributed by atoms with Crippen molar-refractivity contribution in [2.75, 3.05) is 13.1 Å². The molecule has 0 aliphatic carbocycles. The van der Waals surface area contributed by atoms with Crippen molar-refractivity contribution in [2.45, 2.75) is 18.9 Å². The minimum atomic E-state index is -0.247. The average molecular weight is 195 g/mol. The van der Waals surface area contributed by atoms with Crippen LogP contribution < -0.4 is 10.6 Å². The molecule has 1 amide bonds. The minimum absolute atomic E-state index is 0.128. The van der Waals surface area contributed by atoms with Gasteiger partial charge in [0.25, 0.3) is 5.89 Å². The largest absolute Gasteiger partial charge is 0.441 e. The van der Waals surface area contributed by atoms with E-state index in [2.05, 4.69) is 15.6 Å². The van der Waals surface area contributed by atoms with Crippen LogP contribution in [0.15, 0.2) is 16.9 Å². The molecule has 1 aromatic heterocycles. The molecule has 5 heteroatoms. The fraction of sp³-hybridized carbons (Fsp3) is 0.556. The van der Waals surface area contributed by atoms with Gasteiger partial charge in [0.1, 0.15) is 6.26 Å². The molecule has 0 spiro atoms. The second-order valence-corrected chi connectivity index (χ2v) is 3.34. The maximum atomic E-state index is 11.4. The summed E-state index contributed by atoms with van der Waals surface area (Å²) < 4.78 is 4.87. The van der Waals surface area contributed by atoms with Crippen LogP contribution in [0.2, 0.25) is 0 Å². The summed E-state index contributed by atoms with van der Waals surface area (Å²) in [6.07, 6.45) is 5.15. The van der Waals surface area contributed by atoms with Crippen molar-refractivity contribution in [2.24, 2.45) is 0 Å². The smallest absolute Gasteiger partial charge is 0.307 e. The molecule has 0 bridgehead atoms. The molecule has 5 nitrogen and oxygen atoms in total. The molecule has 1 atom stereocenters. The van der Waals surface area contributed by atoms with Crippen LogP contribution in [0.3, 0.4) is 0 Å². The van der Waals surface area contributed by atoms with E-state index >= 15 is 0 Å². The van der Waals surface area contributed by atoms with Gasteiger partial charge in [0.15, 0.2) is 0 Å². The summed E-state index contributed by atoms with van der Waals surface area (Å²) in [5.74, 6) is -0.119. The van der Waals surface area contributed by atoms with Gasteiger partial charge in [-0.3, -0.25) is 4.79 Å². The topological polar surface area (TPSA) is 67.2 Å². The molecule has 2 rings (SSSR count). The Kier molecular flexibility index (Phi) is 2.78. The first-order valence-corrected chi connectivity index (χ1v) is 4.77. The predicted molar refractivity (Wildman–Crippen MR) is 49.9 cm³/mol. The zero-order chi connectivity index (χ0) is 9.80. The second kappa shape index (κ2) is 4.23. The van der Waals surface area contributed by atoms with E-state index in [9.17, 15) is 4.79 Å². The van der Waals surface area contributed by atoms with Gasteiger partial charge in [-0.25, -0.2) is 4.98 Å². The fourth-order valence-electron chi connectivity index (χ4n) is 1.56. The lowest BCUT2D eigenvalue weighted by Crippen LogP contribution is -2.37. The molecule has 76 valence electrons. The van der Waals surface area contributed by atoms with Crippen LogP contribution in [0.4, 0.5) is 0 Å². The molecule has 1 aromatic rings. The molecule has 14 heavy (non-hydrogen) atoms. The molecule has 1 saturated heterocycles. The molecule has 1 fully saturated rings. The monoisotopic (exact) mass is 195 g/mol. The minimum Gasteiger partial charge on any atom is -0.441 e. The Morgan fingerprint density at radius 1 is 1.79 bits per heavy atom. The van der Waals surface area contributed by atoms with Gasteiger partial charge in [0.2, 0.25) is 0 Å². The van der Waals surface area contributed by atoms with E-state index in [1.807, 2.05) is 0 Å². The average Bonchev–Trinajstić information content (AvgIpc) is 2.87. The van der Waals surface area contributed by atoms with Crippen molar-refractivity contribution in [3.63, 3.8) is 0 Å². The lowest BCUT2D eigenvalue weighted by molar-refractivity contribution is 0.0915. The van der Waals surface area contributed by atoms with Crippen molar-refractivity contribution >= 4 is 5.91 Å². The van der Waals surface area contributed by atoms with Crippen LogP contribution in [0.5, 0.6) is 0 Å². The zero-order valence-electron chi connectivity index (χ0n) is 7.82. The van der Waals surface area contributed by atoms with Crippen molar-refractivity contribution in [3.8, 4) is 0 Å². The van der Waals surface area contributed by atoms with E-state index in [4.69, 9.17) is 4.42 Å². The molecular weight excluding hydrogens is 182 g/mol. The van der Waals surface area contributed by atoms with Gasteiger partial charge in [-0.2, -0.15) is 0 Å². The Hall–Kier alpha value is -1.36. The molecule has 2 N–H and O–H groups in total. The van der Waals surface area contributed by atoms with Crippen LogP contribution >= 0.6 is 0 Å². The van der Waals surface area contributed by atoms with Gasteiger partial charge in [-0.15, -0.1) is 0 Å². The molecule has 0 radical (unpaired) electrons. The molecule has 0 saturated carbocycles. The standard InChI is InChI=1S/C9H13N3O2/c13-8(9-11-4-5-14-9)12-6-7-2-1-3-10-7/h4-5,7,10H,1-3,6H2,(H,12,13). The third-order valence-electron chi connectivity index (χ3n) is 2.30. The van der Waals surface area contributed by atoms with E-state index in [1.165, 1.54) is 18.9 Å². The number of hydrogen-bond acceptors (Lipinski definition) is 4. The molecule has 2 heterocycles. The van der Waals surface area contributed by atoms with Crippen molar-refractivity contribution in [3.05, 3.63) is 18.4 Å². The van der Waals surface area contributed by atoms with E-state index in [-0.39, 0.29) is 11.8 Å². The maximum absolute atomic E-state index is 11.4. The van der Waals surface area contributed by atoms with Crippen molar-refractivity contribution in [1.82, 2.24) is 15.6 Å². The number of hydrogen-bond donors (Lipinski definition) is 2. The molecule has 1 unspecified atom stereocenters. The predicted octanol–water partition coefficient (Wildman–Crippen LogP) is 0.156. The maximum Gasteiger partial charge on any atom is 0.307 e. The number of nitrogens with zero attached hydrogens (tertiary/aromatic N) is 1. The quantitative estimate of drug-likeness (QED) is 0.720. The van der Waals surface area contributed by atoms with Crippen LogP contribution in [-0.2, 0) is 0 Å². The molecule has 1 aliphatic heterocycles.